The van der Waals surface area contributed by atoms with Crippen LogP contribution in [0.15, 0.2) is 78.9 Å². The molecule has 0 radical (unpaired) electrons. The smallest absolute Gasteiger partial charge is 0.303 e. The van der Waals surface area contributed by atoms with Crippen LogP contribution < -0.4 is 9.47 Å². The van der Waals surface area contributed by atoms with Crippen LogP contribution in [0.1, 0.15) is 47.4 Å². The van der Waals surface area contributed by atoms with Gasteiger partial charge in [0.05, 0.1) is 5.56 Å². The lowest BCUT2D eigenvalue weighted by atomic mass is 10.0. The molecular formula is C25H24O5. The van der Waals surface area contributed by atoms with Gasteiger partial charge in [0.2, 0.25) is 0 Å². The van der Waals surface area contributed by atoms with Crippen LogP contribution in [0.5, 0.6) is 11.5 Å². The van der Waals surface area contributed by atoms with Gasteiger partial charge in [0.25, 0.3) is 0 Å². The predicted octanol–water partition coefficient (Wildman–Crippen LogP) is 5.45. The molecule has 0 heterocycles. The summed E-state index contributed by atoms with van der Waals surface area (Å²) < 4.78 is 12.0. The summed E-state index contributed by atoms with van der Waals surface area (Å²) in [6.07, 6.45) is -0.255. The van der Waals surface area contributed by atoms with E-state index in [9.17, 15) is 9.59 Å². The summed E-state index contributed by atoms with van der Waals surface area (Å²) in [5, 5.41) is 9.11. The SMILES string of the molecule is CC(=O)c1ccc(OCc2ccccc2)cc1O[C@@H](CCC(=O)O)c1ccccc1. The molecule has 0 bridgehead atoms. The molecular weight excluding hydrogens is 380 g/mol. The molecule has 0 unspecified atom stereocenters. The summed E-state index contributed by atoms with van der Waals surface area (Å²) in [5.41, 5.74) is 2.31. The van der Waals surface area contributed by atoms with Crippen LogP contribution in [0.3, 0.4) is 0 Å². The van der Waals surface area contributed by atoms with Crippen molar-refractivity contribution in [1.82, 2.24) is 0 Å². The van der Waals surface area contributed by atoms with Gasteiger partial charge in [-0.3, -0.25) is 9.59 Å². The highest BCUT2D eigenvalue weighted by Crippen LogP contribution is 2.32. The molecule has 0 spiro atoms. The molecule has 5 heteroatoms. The highest BCUT2D eigenvalue weighted by molar-refractivity contribution is 5.97. The molecule has 1 N–H and O–H groups in total. The van der Waals surface area contributed by atoms with Gasteiger partial charge in [-0.15, -0.1) is 0 Å². The van der Waals surface area contributed by atoms with E-state index in [1.807, 2.05) is 60.7 Å². The fourth-order valence-corrected chi connectivity index (χ4v) is 3.09. The summed E-state index contributed by atoms with van der Waals surface area (Å²) in [6.45, 7) is 1.86. The van der Waals surface area contributed by atoms with E-state index in [1.165, 1.54) is 6.92 Å². The lowest BCUT2D eigenvalue weighted by Crippen LogP contribution is -2.12. The van der Waals surface area contributed by atoms with Gasteiger partial charge in [-0.2, -0.15) is 0 Å². The summed E-state index contributed by atoms with van der Waals surface area (Å²) in [4.78, 5) is 23.2. The molecule has 0 aliphatic carbocycles. The molecule has 0 aromatic heterocycles. The van der Waals surface area contributed by atoms with Crippen molar-refractivity contribution in [2.45, 2.75) is 32.5 Å². The molecule has 30 heavy (non-hydrogen) atoms. The Morgan fingerprint density at radius 2 is 1.60 bits per heavy atom. The Morgan fingerprint density at radius 1 is 0.933 bits per heavy atom. The van der Waals surface area contributed by atoms with Crippen LogP contribution in [-0.4, -0.2) is 16.9 Å². The number of carboxylic acids is 1. The van der Waals surface area contributed by atoms with Gasteiger partial charge < -0.3 is 14.6 Å². The lowest BCUT2D eigenvalue weighted by Gasteiger charge is -2.21. The third kappa shape index (κ3) is 5.95. The number of hydrogen-bond acceptors (Lipinski definition) is 4. The van der Waals surface area contributed by atoms with Gasteiger partial charge in [-0.05, 0) is 36.6 Å². The second-order valence-electron chi connectivity index (χ2n) is 6.94. The normalized spacial score (nSPS) is 11.5. The van der Waals surface area contributed by atoms with Crippen molar-refractivity contribution >= 4 is 11.8 Å². The minimum Gasteiger partial charge on any atom is -0.489 e. The number of ketones is 1. The van der Waals surface area contributed by atoms with Crippen LogP contribution in [-0.2, 0) is 11.4 Å². The van der Waals surface area contributed by atoms with Crippen molar-refractivity contribution in [3.63, 3.8) is 0 Å². The number of Topliss-reactive ketones (excluding diaryl/α,β-unsaturated/α-hetero) is 1. The maximum atomic E-state index is 12.1. The Kier molecular flexibility index (Phi) is 7.22. The molecule has 1 atom stereocenters. The first-order chi connectivity index (χ1) is 14.5. The molecule has 0 saturated carbocycles. The lowest BCUT2D eigenvalue weighted by molar-refractivity contribution is -0.137. The van der Waals surface area contributed by atoms with Crippen LogP contribution in [0, 0.1) is 0 Å². The molecule has 154 valence electrons. The first-order valence-corrected chi connectivity index (χ1v) is 9.78. The average Bonchev–Trinajstić information content (AvgIpc) is 2.76. The van der Waals surface area contributed by atoms with Crippen molar-refractivity contribution in [2.75, 3.05) is 0 Å². The largest absolute Gasteiger partial charge is 0.489 e. The maximum absolute atomic E-state index is 12.1. The minimum atomic E-state index is -0.897. The Hall–Kier alpha value is -3.60. The minimum absolute atomic E-state index is 0.0425. The van der Waals surface area contributed by atoms with E-state index < -0.39 is 12.1 Å². The maximum Gasteiger partial charge on any atom is 0.303 e. The van der Waals surface area contributed by atoms with Crippen LogP contribution in [0.2, 0.25) is 0 Å². The quantitative estimate of drug-likeness (QED) is 0.455. The summed E-state index contributed by atoms with van der Waals surface area (Å²) in [5.74, 6) is -0.0767. The zero-order valence-electron chi connectivity index (χ0n) is 16.8. The van der Waals surface area contributed by atoms with E-state index in [0.29, 0.717) is 23.7 Å². The topological polar surface area (TPSA) is 72.8 Å². The van der Waals surface area contributed by atoms with Crippen molar-refractivity contribution in [1.29, 1.82) is 0 Å². The second kappa shape index (κ2) is 10.3. The number of rotatable bonds is 10. The number of hydrogen-bond donors (Lipinski definition) is 1. The first kappa shape index (κ1) is 21.1. The van der Waals surface area contributed by atoms with E-state index in [4.69, 9.17) is 14.6 Å². The fourth-order valence-electron chi connectivity index (χ4n) is 3.09. The third-order valence-electron chi connectivity index (χ3n) is 4.64. The average molecular weight is 404 g/mol. The van der Waals surface area contributed by atoms with E-state index >= 15 is 0 Å². The molecule has 3 aromatic carbocycles. The number of carboxylic acid groups (broad SMARTS) is 1. The van der Waals surface area contributed by atoms with Crippen LogP contribution >= 0.6 is 0 Å². The van der Waals surface area contributed by atoms with Crippen LogP contribution in [0.4, 0.5) is 0 Å². The first-order valence-electron chi connectivity index (χ1n) is 9.78. The van der Waals surface area contributed by atoms with Crippen LogP contribution in [0.25, 0.3) is 0 Å². The second-order valence-corrected chi connectivity index (χ2v) is 6.94. The molecule has 0 aliphatic rings. The van der Waals surface area contributed by atoms with E-state index in [0.717, 1.165) is 11.1 Å². The van der Waals surface area contributed by atoms with Gasteiger partial charge in [-0.1, -0.05) is 60.7 Å². The van der Waals surface area contributed by atoms with Gasteiger partial charge in [0, 0.05) is 12.5 Å². The molecule has 0 aliphatic heterocycles. The van der Waals surface area contributed by atoms with Crippen molar-refractivity contribution < 1.29 is 24.2 Å². The third-order valence-corrected chi connectivity index (χ3v) is 4.64. The monoisotopic (exact) mass is 404 g/mol. The van der Waals surface area contributed by atoms with Crippen molar-refractivity contribution in [3.8, 4) is 11.5 Å². The van der Waals surface area contributed by atoms with E-state index in [-0.39, 0.29) is 18.6 Å². The number of carbonyl (C=O) groups is 2. The molecule has 3 rings (SSSR count). The summed E-state index contributed by atoms with van der Waals surface area (Å²) in [7, 11) is 0. The van der Waals surface area contributed by atoms with Crippen molar-refractivity contribution in [3.05, 3.63) is 95.6 Å². The van der Waals surface area contributed by atoms with Gasteiger partial charge in [-0.25, -0.2) is 0 Å². The molecule has 0 saturated heterocycles. The Morgan fingerprint density at radius 3 is 2.23 bits per heavy atom. The Balaban J connectivity index is 1.84. The van der Waals surface area contributed by atoms with Gasteiger partial charge in [0.15, 0.2) is 5.78 Å². The number of carbonyl (C=O) groups excluding carboxylic acids is 1. The number of benzene rings is 3. The number of aliphatic carboxylic acids is 1. The zero-order chi connectivity index (χ0) is 21.3. The van der Waals surface area contributed by atoms with Gasteiger partial charge >= 0.3 is 5.97 Å². The molecule has 0 fully saturated rings. The Labute approximate surface area is 175 Å². The summed E-state index contributed by atoms with van der Waals surface area (Å²) in [6, 6.07) is 24.3. The van der Waals surface area contributed by atoms with E-state index in [1.54, 1.807) is 18.2 Å². The highest BCUT2D eigenvalue weighted by Gasteiger charge is 2.19. The molecule has 5 nitrogen and oxygen atoms in total. The fraction of sp³-hybridized carbons (Fsp3) is 0.200. The molecule has 3 aromatic rings. The summed E-state index contributed by atoms with van der Waals surface area (Å²) >= 11 is 0. The molecule has 0 amide bonds. The predicted molar refractivity (Wildman–Crippen MR) is 114 cm³/mol. The highest BCUT2D eigenvalue weighted by atomic mass is 16.5. The zero-order valence-corrected chi connectivity index (χ0v) is 16.8. The number of ether oxygens (including phenoxy) is 2. The standard InChI is InChI=1S/C25H24O5/c1-18(26)22-13-12-21(29-17-19-8-4-2-5-9-19)16-24(22)30-23(14-15-25(27)28)20-10-6-3-7-11-20/h2-13,16,23H,14-15,17H2,1H3,(H,27,28)/t23-/m0/s1. The van der Waals surface area contributed by atoms with Gasteiger partial charge in [0.1, 0.15) is 24.2 Å². The van der Waals surface area contributed by atoms with E-state index in [2.05, 4.69) is 0 Å². The Bertz CT molecular complexity index is 983. The van der Waals surface area contributed by atoms with Crippen molar-refractivity contribution in [2.24, 2.45) is 0 Å².